The summed E-state index contributed by atoms with van der Waals surface area (Å²) in [7, 11) is 0. The van der Waals surface area contributed by atoms with Crippen LogP contribution in [0.15, 0.2) is 42.5 Å². The summed E-state index contributed by atoms with van der Waals surface area (Å²) in [6.45, 7) is 4.13. The summed E-state index contributed by atoms with van der Waals surface area (Å²) in [6, 6.07) is 10.7. The predicted molar refractivity (Wildman–Crippen MR) is 101 cm³/mol. The zero-order valence-electron chi connectivity index (χ0n) is 14.9. The quantitative estimate of drug-likeness (QED) is 0.781. The number of halogens is 3. The van der Waals surface area contributed by atoms with Crippen LogP contribution in [0.3, 0.4) is 0 Å². The van der Waals surface area contributed by atoms with Gasteiger partial charge in [0.15, 0.2) is 0 Å². The molecule has 1 aliphatic heterocycles. The topological polar surface area (TPSA) is 67.8 Å². The molecule has 0 amide bonds. The molecule has 0 saturated carbocycles. The molecule has 0 atom stereocenters. The Hall–Kier alpha value is -2.61. The van der Waals surface area contributed by atoms with Crippen LogP contribution in [0.5, 0.6) is 5.75 Å². The largest absolute Gasteiger partial charge is 0.492 e. The van der Waals surface area contributed by atoms with E-state index in [4.69, 9.17) is 16.2 Å². The second kappa shape index (κ2) is 7.96. The monoisotopic (exact) mass is 380 g/mol. The second-order valence-corrected chi connectivity index (χ2v) is 6.52. The van der Waals surface area contributed by atoms with Crippen LogP contribution < -0.4 is 21.1 Å². The van der Waals surface area contributed by atoms with Crippen LogP contribution in [0.2, 0.25) is 0 Å². The number of benzene rings is 2. The molecule has 3 rings (SSSR count). The van der Waals surface area contributed by atoms with Gasteiger partial charge >= 0.3 is 6.18 Å². The second-order valence-electron chi connectivity index (χ2n) is 6.52. The van der Waals surface area contributed by atoms with Crippen molar-refractivity contribution in [1.29, 1.82) is 0 Å². The van der Waals surface area contributed by atoms with E-state index >= 15 is 0 Å². The average Bonchev–Trinajstić information content (AvgIpc) is 2.65. The van der Waals surface area contributed by atoms with E-state index in [9.17, 15) is 13.2 Å². The predicted octanol–water partition coefficient (Wildman–Crippen LogP) is 3.07. The van der Waals surface area contributed by atoms with Crippen LogP contribution >= 0.6 is 0 Å². The van der Waals surface area contributed by atoms with Gasteiger partial charge in [-0.1, -0.05) is 6.07 Å². The van der Waals surface area contributed by atoms with Crippen molar-refractivity contribution < 1.29 is 17.9 Å². The maximum absolute atomic E-state index is 12.9. The van der Waals surface area contributed by atoms with Crippen molar-refractivity contribution in [3.8, 4) is 5.75 Å². The number of nitrogen functional groups attached to an aromatic ring is 2. The van der Waals surface area contributed by atoms with Gasteiger partial charge in [0.25, 0.3) is 0 Å². The van der Waals surface area contributed by atoms with E-state index < -0.39 is 11.7 Å². The number of hydrogen-bond acceptors (Lipinski definition) is 5. The molecule has 146 valence electrons. The number of hydrogen-bond donors (Lipinski definition) is 2. The lowest BCUT2D eigenvalue weighted by atomic mass is 10.1. The minimum Gasteiger partial charge on any atom is -0.492 e. The Balaban J connectivity index is 1.47. The Morgan fingerprint density at radius 2 is 1.67 bits per heavy atom. The first-order valence-electron chi connectivity index (χ1n) is 8.75. The smallest absolute Gasteiger partial charge is 0.416 e. The van der Waals surface area contributed by atoms with E-state index in [2.05, 4.69) is 4.90 Å². The molecule has 0 spiro atoms. The third-order valence-electron chi connectivity index (χ3n) is 4.65. The molecule has 5 nitrogen and oxygen atoms in total. The highest BCUT2D eigenvalue weighted by atomic mass is 19.4. The Bertz CT molecular complexity index is 774. The summed E-state index contributed by atoms with van der Waals surface area (Å²) in [4.78, 5) is 4.21. The first-order valence-corrected chi connectivity index (χ1v) is 8.75. The lowest BCUT2D eigenvalue weighted by Crippen LogP contribution is -2.47. The average molecular weight is 380 g/mol. The lowest BCUT2D eigenvalue weighted by molar-refractivity contribution is -0.137. The molecule has 0 aromatic heterocycles. The number of anilines is 3. The zero-order valence-corrected chi connectivity index (χ0v) is 14.9. The van der Waals surface area contributed by atoms with Gasteiger partial charge in [-0.15, -0.1) is 0 Å². The van der Waals surface area contributed by atoms with E-state index in [1.54, 1.807) is 24.3 Å². The van der Waals surface area contributed by atoms with E-state index in [0.717, 1.165) is 25.7 Å². The summed E-state index contributed by atoms with van der Waals surface area (Å²) in [5.41, 5.74) is 12.4. The first-order chi connectivity index (χ1) is 12.8. The zero-order chi connectivity index (χ0) is 19.4. The highest BCUT2D eigenvalue weighted by molar-refractivity contribution is 5.65. The summed E-state index contributed by atoms with van der Waals surface area (Å²) in [6.07, 6.45) is -4.32. The molecular formula is C19H23F3N4O. The minimum atomic E-state index is -4.32. The fourth-order valence-corrected chi connectivity index (χ4v) is 3.04. The number of nitrogens with two attached hydrogens (primary N) is 2. The van der Waals surface area contributed by atoms with Crippen molar-refractivity contribution in [2.75, 3.05) is 55.7 Å². The van der Waals surface area contributed by atoms with Gasteiger partial charge < -0.3 is 21.1 Å². The molecule has 8 heteroatoms. The number of rotatable bonds is 5. The molecule has 1 aliphatic rings. The van der Waals surface area contributed by atoms with Crippen LogP contribution in [0.25, 0.3) is 0 Å². The fraction of sp³-hybridized carbons (Fsp3) is 0.368. The van der Waals surface area contributed by atoms with Crippen molar-refractivity contribution in [1.82, 2.24) is 4.90 Å². The summed E-state index contributed by atoms with van der Waals surface area (Å²) >= 11 is 0. The Morgan fingerprint density at radius 3 is 2.33 bits per heavy atom. The van der Waals surface area contributed by atoms with E-state index in [0.29, 0.717) is 42.5 Å². The van der Waals surface area contributed by atoms with Crippen LogP contribution in [0.4, 0.5) is 30.2 Å². The number of ether oxygens (including phenoxy) is 1. The molecule has 0 aliphatic carbocycles. The van der Waals surface area contributed by atoms with Crippen molar-refractivity contribution in [2.24, 2.45) is 0 Å². The fourth-order valence-electron chi connectivity index (χ4n) is 3.04. The number of alkyl halides is 3. The minimum absolute atomic E-state index is 0.488. The third kappa shape index (κ3) is 4.97. The van der Waals surface area contributed by atoms with Gasteiger partial charge in [0.05, 0.1) is 16.9 Å². The molecular weight excluding hydrogens is 357 g/mol. The summed E-state index contributed by atoms with van der Waals surface area (Å²) in [5, 5.41) is 0. The summed E-state index contributed by atoms with van der Waals surface area (Å²) in [5.74, 6) is 0.671. The van der Waals surface area contributed by atoms with Gasteiger partial charge in [0.1, 0.15) is 12.4 Å². The molecule has 0 unspecified atom stereocenters. The molecule has 27 heavy (non-hydrogen) atoms. The molecule has 4 N–H and O–H groups in total. The van der Waals surface area contributed by atoms with Gasteiger partial charge in [-0.2, -0.15) is 13.2 Å². The lowest BCUT2D eigenvalue weighted by Gasteiger charge is -2.36. The van der Waals surface area contributed by atoms with Crippen LogP contribution in [-0.2, 0) is 6.18 Å². The number of piperazine rings is 1. The Morgan fingerprint density at radius 1 is 0.926 bits per heavy atom. The Labute approximate surface area is 156 Å². The number of nitrogens with zero attached hydrogens (tertiary/aromatic N) is 2. The standard InChI is InChI=1S/C19H23F3N4O/c20-19(21,22)14-2-1-3-15(12-14)26-8-6-25(7-9-26)10-11-27-16-4-5-17(23)18(24)13-16/h1-5,12-13H,6-11,23-24H2. The van der Waals surface area contributed by atoms with Gasteiger partial charge in [-0.25, -0.2) is 0 Å². The van der Waals surface area contributed by atoms with Crippen LogP contribution in [0.1, 0.15) is 5.56 Å². The Kier molecular flexibility index (Phi) is 5.65. The van der Waals surface area contributed by atoms with E-state index in [1.807, 2.05) is 4.90 Å². The molecule has 0 bridgehead atoms. The first kappa shape index (κ1) is 19.2. The van der Waals surface area contributed by atoms with Crippen molar-refractivity contribution in [3.05, 3.63) is 48.0 Å². The van der Waals surface area contributed by atoms with Crippen molar-refractivity contribution in [3.63, 3.8) is 0 Å². The third-order valence-corrected chi connectivity index (χ3v) is 4.65. The van der Waals surface area contributed by atoms with Crippen molar-refractivity contribution >= 4 is 17.1 Å². The molecule has 0 radical (unpaired) electrons. The SMILES string of the molecule is Nc1ccc(OCCN2CCN(c3cccc(C(F)(F)F)c3)CC2)cc1N. The molecule has 1 saturated heterocycles. The van der Waals surface area contributed by atoms with Crippen LogP contribution in [0, 0.1) is 0 Å². The summed E-state index contributed by atoms with van der Waals surface area (Å²) < 4.78 is 44.3. The van der Waals surface area contributed by atoms with Gasteiger partial charge in [0.2, 0.25) is 0 Å². The van der Waals surface area contributed by atoms with Gasteiger partial charge in [0, 0.05) is 44.5 Å². The molecule has 2 aromatic carbocycles. The highest BCUT2D eigenvalue weighted by Gasteiger charge is 2.31. The molecule has 1 fully saturated rings. The maximum Gasteiger partial charge on any atom is 0.416 e. The van der Waals surface area contributed by atoms with Crippen LogP contribution in [-0.4, -0.2) is 44.2 Å². The highest BCUT2D eigenvalue weighted by Crippen LogP contribution is 2.31. The van der Waals surface area contributed by atoms with E-state index in [-0.39, 0.29) is 0 Å². The van der Waals surface area contributed by atoms with Gasteiger partial charge in [-0.05, 0) is 30.3 Å². The molecule has 2 aromatic rings. The van der Waals surface area contributed by atoms with Gasteiger partial charge in [-0.3, -0.25) is 4.90 Å². The van der Waals surface area contributed by atoms with Crippen molar-refractivity contribution in [2.45, 2.75) is 6.18 Å². The molecule has 1 heterocycles. The van der Waals surface area contributed by atoms with E-state index in [1.165, 1.54) is 12.1 Å². The normalized spacial score (nSPS) is 15.7. The maximum atomic E-state index is 12.9.